The van der Waals surface area contributed by atoms with Gasteiger partial charge in [-0.05, 0) is 31.2 Å². The third kappa shape index (κ3) is 4.56. The Morgan fingerprint density at radius 2 is 1.79 bits per heavy atom. The highest BCUT2D eigenvalue weighted by Crippen LogP contribution is 2.24. The lowest BCUT2D eigenvalue weighted by atomic mass is 10.2. The Bertz CT molecular complexity index is 880. The van der Waals surface area contributed by atoms with Gasteiger partial charge in [-0.1, -0.05) is 41.6 Å². The Morgan fingerprint density at radius 1 is 1.08 bits per heavy atom. The van der Waals surface area contributed by atoms with Crippen LogP contribution in [0.15, 0.2) is 63.4 Å². The zero-order chi connectivity index (χ0) is 16.9. The van der Waals surface area contributed by atoms with Crippen LogP contribution in [0.25, 0.3) is 10.9 Å². The van der Waals surface area contributed by atoms with Crippen molar-refractivity contribution < 1.29 is 0 Å². The summed E-state index contributed by atoms with van der Waals surface area (Å²) in [6, 6.07) is 15.8. The van der Waals surface area contributed by atoms with Crippen molar-refractivity contribution in [3.8, 4) is 0 Å². The number of halogens is 1. The average Bonchev–Trinajstić information content (AvgIpc) is 2.59. The molecule has 0 aliphatic rings. The lowest BCUT2D eigenvalue weighted by molar-refractivity contribution is 0.969. The molecule has 1 N–H and O–H groups in total. The van der Waals surface area contributed by atoms with E-state index in [1.807, 2.05) is 18.2 Å². The fourth-order valence-electron chi connectivity index (χ4n) is 2.17. The van der Waals surface area contributed by atoms with E-state index in [9.17, 15) is 4.79 Å². The maximum atomic E-state index is 12.0. The molecule has 0 aliphatic heterocycles. The molecule has 0 radical (unpaired) electrons. The van der Waals surface area contributed by atoms with Gasteiger partial charge in [-0.25, -0.2) is 4.98 Å². The van der Waals surface area contributed by atoms with Gasteiger partial charge in [-0.2, -0.15) is 0 Å². The van der Waals surface area contributed by atoms with Crippen molar-refractivity contribution in [1.29, 1.82) is 0 Å². The van der Waals surface area contributed by atoms with Gasteiger partial charge in [0.25, 0.3) is 5.56 Å². The molecule has 0 fully saturated rings. The number of aryl methyl sites for hydroxylation is 1. The summed E-state index contributed by atoms with van der Waals surface area (Å²) in [5.74, 6) is 1.51. The fraction of sp³-hybridized carbons (Fsp3) is 0.222. The van der Waals surface area contributed by atoms with E-state index >= 15 is 0 Å². The van der Waals surface area contributed by atoms with Gasteiger partial charge >= 0.3 is 0 Å². The molecular formula is C18H17ClN2OS2. The molecule has 124 valence electrons. The second kappa shape index (κ2) is 8.10. The highest BCUT2D eigenvalue weighted by molar-refractivity contribution is 8.00. The summed E-state index contributed by atoms with van der Waals surface area (Å²) in [5, 5.41) is 1.22. The van der Waals surface area contributed by atoms with Crippen LogP contribution in [-0.4, -0.2) is 26.9 Å². The molecule has 3 aromatic rings. The fourth-order valence-corrected chi connectivity index (χ4v) is 4.30. The summed E-state index contributed by atoms with van der Waals surface area (Å²) in [6.07, 6.45) is 0. The normalized spacial score (nSPS) is 12.4. The quantitative estimate of drug-likeness (QED) is 0.384. The van der Waals surface area contributed by atoms with Crippen LogP contribution in [-0.2, 0) is 0 Å². The van der Waals surface area contributed by atoms with Gasteiger partial charge in [0.2, 0.25) is 0 Å². The molecular weight excluding hydrogens is 360 g/mol. The number of hydrogen-bond acceptors (Lipinski definition) is 4. The number of nitrogens with zero attached hydrogens (tertiary/aromatic N) is 1. The molecule has 1 heterocycles. The molecule has 0 unspecified atom stereocenters. The smallest absolute Gasteiger partial charge is 0.259 e. The van der Waals surface area contributed by atoms with Gasteiger partial charge in [-0.15, -0.1) is 23.4 Å². The Kier molecular flexibility index (Phi) is 5.87. The molecule has 0 amide bonds. The van der Waals surface area contributed by atoms with Crippen LogP contribution in [0.3, 0.4) is 0 Å². The van der Waals surface area contributed by atoms with Crippen molar-refractivity contribution in [1.82, 2.24) is 9.97 Å². The molecule has 0 saturated carbocycles. The van der Waals surface area contributed by atoms with Crippen LogP contribution in [0.4, 0.5) is 0 Å². The molecule has 6 heteroatoms. The minimum Gasteiger partial charge on any atom is -0.301 e. The third-order valence-electron chi connectivity index (χ3n) is 3.44. The van der Waals surface area contributed by atoms with Crippen LogP contribution >= 0.6 is 35.1 Å². The first kappa shape index (κ1) is 17.4. The second-order valence-electron chi connectivity index (χ2n) is 5.42. The molecule has 0 spiro atoms. The Hall–Kier alpha value is -1.43. The van der Waals surface area contributed by atoms with Crippen molar-refractivity contribution >= 4 is 46.0 Å². The molecule has 3 rings (SSSR count). The van der Waals surface area contributed by atoms with Gasteiger partial charge in [0, 0.05) is 16.4 Å². The zero-order valence-electron chi connectivity index (χ0n) is 13.2. The summed E-state index contributed by atoms with van der Waals surface area (Å²) >= 11 is 9.63. The summed E-state index contributed by atoms with van der Waals surface area (Å²) in [7, 11) is 0. The third-order valence-corrected chi connectivity index (χ3v) is 6.33. The first-order valence-electron chi connectivity index (χ1n) is 7.57. The number of rotatable bonds is 6. The predicted octanol–water partition coefficient (Wildman–Crippen LogP) is 4.72. The number of fused-ring (bicyclic) bond motifs is 1. The predicted molar refractivity (Wildman–Crippen MR) is 105 cm³/mol. The molecule has 0 saturated heterocycles. The first-order valence-corrected chi connectivity index (χ1v) is 9.98. The lowest BCUT2D eigenvalue weighted by Gasteiger charge is -2.09. The Labute approximate surface area is 154 Å². The van der Waals surface area contributed by atoms with Crippen LogP contribution in [0.5, 0.6) is 0 Å². The summed E-state index contributed by atoms with van der Waals surface area (Å²) < 4.78 is 0. The van der Waals surface area contributed by atoms with Crippen molar-refractivity contribution in [3.05, 3.63) is 64.4 Å². The Balaban J connectivity index is 1.57. The highest BCUT2D eigenvalue weighted by atomic mass is 35.5. The molecule has 1 atom stereocenters. The minimum atomic E-state index is -0.108. The van der Waals surface area contributed by atoms with E-state index in [-0.39, 0.29) is 10.9 Å². The van der Waals surface area contributed by atoms with E-state index < -0.39 is 0 Å². The average molecular weight is 377 g/mol. The summed E-state index contributed by atoms with van der Waals surface area (Å²) in [6.45, 7) is 2.08. The van der Waals surface area contributed by atoms with Gasteiger partial charge in [0.1, 0.15) is 0 Å². The first-order chi connectivity index (χ1) is 11.6. The van der Waals surface area contributed by atoms with E-state index in [0.29, 0.717) is 21.8 Å². The van der Waals surface area contributed by atoms with E-state index in [2.05, 4.69) is 41.2 Å². The number of para-hydroxylation sites is 1. The summed E-state index contributed by atoms with van der Waals surface area (Å²) in [4.78, 5) is 20.5. The largest absolute Gasteiger partial charge is 0.301 e. The Morgan fingerprint density at radius 3 is 2.58 bits per heavy atom. The minimum absolute atomic E-state index is 0.00178. The number of nitrogens with one attached hydrogen (secondary N) is 1. The molecule has 1 aromatic heterocycles. The monoisotopic (exact) mass is 376 g/mol. The number of alkyl halides is 1. The van der Waals surface area contributed by atoms with Crippen molar-refractivity contribution in [3.63, 3.8) is 0 Å². The second-order valence-corrected chi connectivity index (χ2v) is 8.14. The maximum Gasteiger partial charge on any atom is 0.259 e. The lowest BCUT2D eigenvalue weighted by Crippen LogP contribution is -2.11. The topological polar surface area (TPSA) is 45.8 Å². The van der Waals surface area contributed by atoms with Crippen LogP contribution in [0.2, 0.25) is 0 Å². The number of aromatic nitrogens is 2. The van der Waals surface area contributed by atoms with Gasteiger partial charge in [0.05, 0.1) is 16.3 Å². The van der Waals surface area contributed by atoms with Gasteiger partial charge < -0.3 is 4.98 Å². The van der Waals surface area contributed by atoms with E-state index in [1.165, 1.54) is 22.2 Å². The van der Waals surface area contributed by atoms with E-state index in [0.717, 1.165) is 5.75 Å². The molecule has 2 aromatic carbocycles. The number of aromatic amines is 1. The maximum absolute atomic E-state index is 12.0. The van der Waals surface area contributed by atoms with Gasteiger partial charge in [0.15, 0.2) is 5.16 Å². The SMILES string of the molecule is Cc1ccc(SC[C@@H](Cl)CSc2nc3ccccc3c(=O)[nH]2)cc1. The number of thioether (sulfide) groups is 2. The number of hydrogen-bond donors (Lipinski definition) is 1. The van der Waals surface area contributed by atoms with E-state index in [1.54, 1.807) is 17.8 Å². The summed E-state index contributed by atoms with van der Waals surface area (Å²) in [5.41, 5.74) is 1.86. The van der Waals surface area contributed by atoms with Crippen molar-refractivity contribution in [2.75, 3.05) is 11.5 Å². The molecule has 0 aliphatic carbocycles. The molecule has 0 bridgehead atoms. The number of H-pyrrole nitrogens is 1. The molecule has 24 heavy (non-hydrogen) atoms. The highest BCUT2D eigenvalue weighted by Gasteiger charge is 2.09. The van der Waals surface area contributed by atoms with Crippen LogP contribution in [0.1, 0.15) is 5.56 Å². The van der Waals surface area contributed by atoms with Gasteiger partial charge in [-0.3, -0.25) is 4.79 Å². The van der Waals surface area contributed by atoms with Crippen LogP contribution in [0, 0.1) is 6.92 Å². The van der Waals surface area contributed by atoms with Crippen LogP contribution < -0.4 is 5.56 Å². The molecule has 3 nitrogen and oxygen atoms in total. The zero-order valence-corrected chi connectivity index (χ0v) is 15.5. The van der Waals surface area contributed by atoms with Crippen molar-refractivity contribution in [2.45, 2.75) is 22.4 Å². The standard InChI is InChI=1S/C18H17ClN2OS2/c1-12-6-8-14(9-7-12)23-10-13(19)11-24-18-20-16-5-3-2-4-15(16)17(22)21-18/h2-9,13H,10-11H2,1H3,(H,20,21,22)/t13-/m1/s1. The van der Waals surface area contributed by atoms with Crippen molar-refractivity contribution in [2.24, 2.45) is 0 Å². The van der Waals surface area contributed by atoms with E-state index in [4.69, 9.17) is 11.6 Å². The number of benzene rings is 2.